The molecule has 3 aliphatic heterocycles. The normalized spacial score (nSPS) is 29.4. The second kappa shape index (κ2) is 6.83. The quantitative estimate of drug-likeness (QED) is 0.823. The fourth-order valence-electron chi connectivity index (χ4n) is 5.94. The molecule has 3 fully saturated rings. The summed E-state index contributed by atoms with van der Waals surface area (Å²) < 4.78 is 2.22. The van der Waals surface area contributed by atoms with Gasteiger partial charge in [0.15, 0.2) is 0 Å². The fourth-order valence-corrected chi connectivity index (χ4v) is 5.94. The number of hydrogen-bond acceptors (Lipinski definition) is 4. The van der Waals surface area contributed by atoms with Gasteiger partial charge in [-0.25, -0.2) is 4.98 Å². The first-order valence-corrected chi connectivity index (χ1v) is 11.3. The molecular formula is C22H33N5O2. The van der Waals surface area contributed by atoms with Crippen molar-refractivity contribution >= 4 is 11.8 Å². The van der Waals surface area contributed by atoms with E-state index >= 15 is 0 Å². The molecule has 1 spiro atoms. The molecule has 4 heterocycles. The Morgan fingerprint density at radius 1 is 1.28 bits per heavy atom. The summed E-state index contributed by atoms with van der Waals surface area (Å²) in [7, 11) is 0. The number of nitrogens with zero attached hydrogens (tertiary/aromatic N) is 4. The Hall–Kier alpha value is -1.89. The van der Waals surface area contributed by atoms with Crippen molar-refractivity contribution in [3.8, 4) is 0 Å². The molecule has 1 aromatic rings. The molecule has 0 aromatic carbocycles. The van der Waals surface area contributed by atoms with Crippen LogP contribution in [-0.2, 0) is 15.1 Å². The first kappa shape index (κ1) is 19.1. The highest BCUT2D eigenvalue weighted by molar-refractivity contribution is 5.84. The van der Waals surface area contributed by atoms with Crippen LogP contribution in [0.4, 0.5) is 0 Å². The topological polar surface area (TPSA) is 70.5 Å². The van der Waals surface area contributed by atoms with Crippen LogP contribution in [0.2, 0.25) is 0 Å². The van der Waals surface area contributed by atoms with Gasteiger partial charge in [-0.3, -0.25) is 14.5 Å². The summed E-state index contributed by atoms with van der Waals surface area (Å²) in [4.78, 5) is 34.6. The van der Waals surface area contributed by atoms with Gasteiger partial charge in [0.25, 0.3) is 0 Å². The van der Waals surface area contributed by atoms with Gasteiger partial charge in [-0.15, -0.1) is 0 Å². The van der Waals surface area contributed by atoms with E-state index in [1.165, 1.54) is 12.8 Å². The van der Waals surface area contributed by atoms with Crippen molar-refractivity contribution in [2.24, 2.45) is 5.41 Å². The predicted molar refractivity (Wildman–Crippen MR) is 109 cm³/mol. The molecule has 2 atom stereocenters. The number of carbonyl (C=O) groups is 2. The highest BCUT2D eigenvalue weighted by Gasteiger charge is 2.54. The van der Waals surface area contributed by atoms with Crippen LogP contribution in [0.1, 0.15) is 70.7 Å². The summed E-state index contributed by atoms with van der Waals surface area (Å²) in [6.07, 6.45) is 11.1. The van der Waals surface area contributed by atoms with Crippen molar-refractivity contribution in [1.29, 1.82) is 0 Å². The summed E-state index contributed by atoms with van der Waals surface area (Å²) in [5.41, 5.74) is -0.268. The summed E-state index contributed by atoms with van der Waals surface area (Å²) >= 11 is 0. The highest BCUT2D eigenvalue weighted by atomic mass is 16.2. The van der Waals surface area contributed by atoms with E-state index in [9.17, 15) is 9.59 Å². The largest absolute Gasteiger partial charge is 0.346 e. The number of amides is 2. The Bertz CT molecular complexity index is 802. The first-order chi connectivity index (χ1) is 14.0. The number of carbonyl (C=O) groups excluding carboxylic acids is 2. The van der Waals surface area contributed by atoms with Gasteiger partial charge in [0.2, 0.25) is 11.8 Å². The van der Waals surface area contributed by atoms with E-state index in [2.05, 4.69) is 33.6 Å². The average molecular weight is 400 g/mol. The molecule has 1 saturated carbocycles. The van der Waals surface area contributed by atoms with E-state index < -0.39 is 0 Å². The minimum absolute atomic E-state index is 0.0441. The first-order valence-electron chi connectivity index (χ1n) is 11.3. The zero-order valence-electron chi connectivity index (χ0n) is 17.7. The lowest BCUT2D eigenvalue weighted by Crippen LogP contribution is -2.64. The number of hydrogen-bond donors (Lipinski definition) is 1. The lowest BCUT2D eigenvalue weighted by Gasteiger charge is -2.49. The molecule has 5 rings (SSSR count). The molecule has 2 unspecified atom stereocenters. The maximum absolute atomic E-state index is 13.0. The number of aromatic nitrogens is 2. The second-order valence-corrected chi connectivity index (χ2v) is 9.81. The fraction of sp³-hybridized carbons (Fsp3) is 0.773. The van der Waals surface area contributed by atoms with E-state index in [0.717, 1.165) is 57.6 Å². The Morgan fingerprint density at radius 2 is 2.07 bits per heavy atom. The molecule has 0 radical (unpaired) electrons. The Kier molecular flexibility index (Phi) is 4.49. The van der Waals surface area contributed by atoms with Crippen LogP contribution in [0.3, 0.4) is 0 Å². The van der Waals surface area contributed by atoms with Crippen molar-refractivity contribution in [1.82, 2.24) is 24.7 Å². The number of likely N-dealkylation sites (tertiary alicyclic amines) is 2. The van der Waals surface area contributed by atoms with Gasteiger partial charge in [0, 0.05) is 43.4 Å². The summed E-state index contributed by atoms with van der Waals surface area (Å²) in [6, 6.07) is 0.468. The van der Waals surface area contributed by atoms with E-state index in [1.54, 1.807) is 0 Å². The van der Waals surface area contributed by atoms with Gasteiger partial charge in [-0.05, 0) is 45.6 Å². The zero-order valence-corrected chi connectivity index (χ0v) is 17.7. The molecular weight excluding hydrogens is 366 g/mol. The van der Waals surface area contributed by atoms with Crippen molar-refractivity contribution in [3.05, 3.63) is 18.2 Å². The monoisotopic (exact) mass is 399 g/mol. The molecule has 2 saturated heterocycles. The van der Waals surface area contributed by atoms with Gasteiger partial charge in [-0.1, -0.05) is 13.3 Å². The van der Waals surface area contributed by atoms with Crippen LogP contribution >= 0.6 is 0 Å². The Morgan fingerprint density at radius 3 is 2.69 bits per heavy atom. The van der Waals surface area contributed by atoms with Gasteiger partial charge < -0.3 is 14.8 Å². The van der Waals surface area contributed by atoms with Crippen molar-refractivity contribution in [2.45, 2.75) is 76.4 Å². The zero-order chi connectivity index (χ0) is 20.2. The van der Waals surface area contributed by atoms with Crippen LogP contribution in [-0.4, -0.2) is 63.4 Å². The van der Waals surface area contributed by atoms with Gasteiger partial charge in [0.1, 0.15) is 5.82 Å². The number of fused-ring (bicyclic) bond motifs is 2. The van der Waals surface area contributed by atoms with Crippen LogP contribution < -0.4 is 5.32 Å². The molecule has 4 aliphatic rings. The average Bonchev–Trinajstić information content (AvgIpc) is 3.31. The SMILES string of the molecule is CCC1(C(=O)NC2CC3(CN(C(=O)CN4CCCC4C)C3)n3ccnc32)CCC1. The van der Waals surface area contributed by atoms with Crippen LogP contribution in [0.25, 0.3) is 0 Å². The van der Waals surface area contributed by atoms with Crippen molar-refractivity contribution in [2.75, 3.05) is 26.2 Å². The van der Waals surface area contributed by atoms with Gasteiger partial charge >= 0.3 is 0 Å². The third kappa shape index (κ3) is 2.92. The highest BCUT2D eigenvalue weighted by Crippen LogP contribution is 2.47. The summed E-state index contributed by atoms with van der Waals surface area (Å²) in [6.45, 7) is 7.35. The number of imidazole rings is 1. The minimum Gasteiger partial charge on any atom is -0.346 e. The van der Waals surface area contributed by atoms with E-state index in [-0.39, 0.29) is 28.8 Å². The van der Waals surface area contributed by atoms with E-state index in [0.29, 0.717) is 12.6 Å². The lowest BCUT2D eigenvalue weighted by atomic mass is 9.66. The molecule has 2 amide bonds. The summed E-state index contributed by atoms with van der Waals surface area (Å²) in [5.74, 6) is 1.38. The molecule has 29 heavy (non-hydrogen) atoms. The third-order valence-corrected chi connectivity index (χ3v) is 8.20. The van der Waals surface area contributed by atoms with Crippen LogP contribution in [0, 0.1) is 5.41 Å². The maximum Gasteiger partial charge on any atom is 0.236 e. The number of rotatable bonds is 5. The smallest absolute Gasteiger partial charge is 0.236 e. The van der Waals surface area contributed by atoms with Crippen LogP contribution in [0.15, 0.2) is 12.4 Å². The van der Waals surface area contributed by atoms with E-state index in [4.69, 9.17) is 0 Å². The third-order valence-electron chi connectivity index (χ3n) is 8.20. The van der Waals surface area contributed by atoms with Gasteiger partial charge in [0.05, 0.1) is 18.1 Å². The molecule has 1 aliphatic carbocycles. The molecule has 7 heteroatoms. The standard InChI is InChI=1S/C22H33N5O2/c1-3-21(7-5-8-21)20(29)24-17-12-22(27-11-9-23-19(17)27)14-26(15-22)18(28)13-25-10-4-6-16(25)2/h9,11,16-17H,3-8,10,12-15H2,1-2H3,(H,24,29). The molecule has 158 valence electrons. The lowest BCUT2D eigenvalue weighted by molar-refractivity contribution is -0.144. The molecule has 0 bridgehead atoms. The Balaban J connectivity index is 1.24. The minimum atomic E-state index is -0.165. The van der Waals surface area contributed by atoms with Crippen molar-refractivity contribution < 1.29 is 9.59 Å². The predicted octanol–water partition coefficient (Wildman–Crippen LogP) is 2.05. The molecule has 1 aromatic heterocycles. The van der Waals surface area contributed by atoms with Crippen LogP contribution in [0.5, 0.6) is 0 Å². The number of nitrogens with one attached hydrogen (secondary N) is 1. The molecule has 1 N–H and O–H groups in total. The summed E-state index contributed by atoms with van der Waals surface area (Å²) in [5, 5.41) is 3.31. The van der Waals surface area contributed by atoms with Crippen molar-refractivity contribution in [3.63, 3.8) is 0 Å². The maximum atomic E-state index is 13.0. The van der Waals surface area contributed by atoms with Gasteiger partial charge in [-0.2, -0.15) is 0 Å². The van der Waals surface area contributed by atoms with E-state index in [1.807, 2.05) is 17.3 Å². The molecule has 7 nitrogen and oxygen atoms in total. The second-order valence-electron chi connectivity index (χ2n) is 9.81. The Labute approximate surface area is 172 Å².